The van der Waals surface area contributed by atoms with Crippen LogP contribution in [0.2, 0.25) is 0 Å². The van der Waals surface area contributed by atoms with E-state index in [0.717, 1.165) is 5.69 Å². The number of hydrogen-bond donors (Lipinski definition) is 1. The van der Waals surface area contributed by atoms with Gasteiger partial charge in [0, 0.05) is 6.04 Å². The zero-order chi connectivity index (χ0) is 16.4. The van der Waals surface area contributed by atoms with Gasteiger partial charge in [-0.25, -0.2) is 0 Å². The normalized spacial score (nSPS) is 13.6. The van der Waals surface area contributed by atoms with Gasteiger partial charge in [0.15, 0.2) is 0 Å². The third kappa shape index (κ3) is 4.73. The first kappa shape index (κ1) is 17.5. The topological polar surface area (TPSA) is 56.2 Å². The van der Waals surface area contributed by atoms with Crippen molar-refractivity contribution in [2.45, 2.75) is 52.9 Å². The molecule has 0 aliphatic rings. The Bertz CT molecular complexity index is 509. The minimum Gasteiger partial charge on any atom is -0.359 e. The second-order valence-electron chi connectivity index (χ2n) is 5.14. The van der Waals surface area contributed by atoms with Crippen molar-refractivity contribution in [3.05, 3.63) is 11.4 Å². The SMILES string of the molecule is Cc1nn(C(C)C)c(C)c1NC(=O)[C@@H](C)OCC(F)(F)F. The van der Waals surface area contributed by atoms with E-state index in [-0.39, 0.29) is 6.04 Å². The van der Waals surface area contributed by atoms with Gasteiger partial charge in [0.2, 0.25) is 0 Å². The Hall–Kier alpha value is -1.57. The fourth-order valence-corrected chi connectivity index (χ4v) is 1.87. The number of amides is 1. The Balaban J connectivity index is 2.75. The Morgan fingerprint density at radius 2 is 1.90 bits per heavy atom. The second kappa shape index (κ2) is 6.46. The number of alkyl halides is 3. The van der Waals surface area contributed by atoms with Crippen LogP contribution in [0, 0.1) is 13.8 Å². The predicted octanol–water partition coefficient (Wildman–Crippen LogP) is 2.99. The minimum atomic E-state index is -4.46. The molecule has 0 aliphatic heterocycles. The van der Waals surface area contributed by atoms with Gasteiger partial charge in [-0.1, -0.05) is 0 Å². The zero-order valence-electron chi connectivity index (χ0n) is 12.7. The Labute approximate surface area is 121 Å². The highest BCUT2D eigenvalue weighted by Crippen LogP contribution is 2.23. The summed E-state index contributed by atoms with van der Waals surface area (Å²) in [6, 6.07) is 0.119. The number of nitrogens with one attached hydrogen (secondary N) is 1. The summed E-state index contributed by atoms with van der Waals surface area (Å²) in [5.74, 6) is -0.631. The summed E-state index contributed by atoms with van der Waals surface area (Å²) < 4.78 is 42.4. The molecule has 0 saturated carbocycles. The summed E-state index contributed by atoms with van der Waals surface area (Å²) in [5, 5.41) is 6.86. The molecular weight excluding hydrogens is 287 g/mol. The molecule has 1 N–H and O–H groups in total. The van der Waals surface area contributed by atoms with E-state index in [4.69, 9.17) is 0 Å². The summed E-state index contributed by atoms with van der Waals surface area (Å²) in [6.07, 6.45) is -5.66. The highest BCUT2D eigenvalue weighted by atomic mass is 19.4. The summed E-state index contributed by atoms with van der Waals surface area (Å²) >= 11 is 0. The molecule has 1 rings (SSSR count). The van der Waals surface area contributed by atoms with E-state index in [2.05, 4.69) is 15.2 Å². The van der Waals surface area contributed by atoms with E-state index in [1.807, 2.05) is 13.8 Å². The fourth-order valence-electron chi connectivity index (χ4n) is 1.87. The van der Waals surface area contributed by atoms with Gasteiger partial charge >= 0.3 is 6.18 Å². The number of rotatable bonds is 5. The molecule has 0 unspecified atom stereocenters. The molecule has 0 radical (unpaired) electrons. The molecule has 1 amide bonds. The van der Waals surface area contributed by atoms with Crippen LogP contribution in [0.1, 0.15) is 38.2 Å². The van der Waals surface area contributed by atoms with Crippen molar-refractivity contribution < 1.29 is 22.7 Å². The highest BCUT2D eigenvalue weighted by molar-refractivity contribution is 5.94. The van der Waals surface area contributed by atoms with Gasteiger partial charge < -0.3 is 10.1 Å². The van der Waals surface area contributed by atoms with Crippen LogP contribution in [0.15, 0.2) is 0 Å². The second-order valence-corrected chi connectivity index (χ2v) is 5.14. The van der Waals surface area contributed by atoms with Crippen LogP contribution >= 0.6 is 0 Å². The van der Waals surface area contributed by atoms with Crippen molar-refractivity contribution in [1.82, 2.24) is 9.78 Å². The number of aryl methyl sites for hydroxylation is 1. The van der Waals surface area contributed by atoms with Crippen LogP contribution in [-0.4, -0.2) is 34.6 Å². The number of aromatic nitrogens is 2. The molecule has 8 heteroatoms. The lowest BCUT2D eigenvalue weighted by atomic mass is 10.2. The maximum Gasteiger partial charge on any atom is 0.411 e. The molecule has 0 aliphatic carbocycles. The number of carbonyl (C=O) groups is 1. The summed E-state index contributed by atoms with van der Waals surface area (Å²) in [6.45, 7) is 7.23. The van der Waals surface area contributed by atoms with E-state index in [9.17, 15) is 18.0 Å². The first-order chi connectivity index (χ1) is 9.53. The van der Waals surface area contributed by atoms with E-state index >= 15 is 0 Å². The quantitative estimate of drug-likeness (QED) is 0.910. The summed E-state index contributed by atoms with van der Waals surface area (Å²) in [5.41, 5.74) is 1.87. The Morgan fingerprint density at radius 1 is 1.33 bits per heavy atom. The molecule has 1 heterocycles. The molecule has 1 aromatic rings. The molecule has 0 spiro atoms. The molecule has 21 heavy (non-hydrogen) atoms. The average molecular weight is 307 g/mol. The van der Waals surface area contributed by atoms with E-state index < -0.39 is 24.8 Å². The van der Waals surface area contributed by atoms with Gasteiger partial charge in [-0.15, -0.1) is 0 Å². The molecule has 0 aromatic carbocycles. The van der Waals surface area contributed by atoms with Crippen LogP contribution in [0.25, 0.3) is 0 Å². The van der Waals surface area contributed by atoms with Gasteiger partial charge in [0.1, 0.15) is 12.7 Å². The van der Waals surface area contributed by atoms with Crippen molar-refractivity contribution in [2.75, 3.05) is 11.9 Å². The largest absolute Gasteiger partial charge is 0.411 e. The maximum atomic E-state index is 12.1. The molecule has 1 atom stereocenters. The van der Waals surface area contributed by atoms with Gasteiger partial charge in [0.05, 0.1) is 17.1 Å². The van der Waals surface area contributed by atoms with Crippen LogP contribution in [0.3, 0.4) is 0 Å². The number of nitrogens with zero attached hydrogens (tertiary/aromatic N) is 2. The lowest BCUT2D eigenvalue weighted by molar-refractivity contribution is -0.184. The van der Waals surface area contributed by atoms with Gasteiger partial charge in [-0.3, -0.25) is 9.48 Å². The summed E-state index contributed by atoms with van der Waals surface area (Å²) in [4.78, 5) is 11.9. The van der Waals surface area contributed by atoms with Crippen LogP contribution < -0.4 is 5.32 Å². The van der Waals surface area contributed by atoms with Crippen molar-refractivity contribution >= 4 is 11.6 Å². The monoisotopic (exact) mass is 307 g/mol. The molecule has 0 fully saturated rings. The van der Waals surface area contributed by atoms with Gasteiger partial charge in [-0.05, 0) is 34.6 Å². The van der Waals surface area contributed by atoms with Crippen LogP contribution in [0.4, 0.5) is 18.9 Å². The number of ether oxygens (including phenoxy) is 1. The van der Waals surface area contributed by atoms with Crippen LogP contribution in [-0.2, 0) is 9.53 Å². The minimum absolute atomic E-state index is 0.119. The standard InChI is InChI=1S/C13H20F3N3O2/c1-7(2)19-9(4)11(8(3)18-19)17-12(20)10(5)21-6-13(14,15)16/h7,10H,6H2,1-5H3,(H,17,20)/t10-/m1/s1. The maximum absolute atomic E-state index is 12.1. The van der Waals surface area contributed by atoms with E-state index in [1.54, 1.807) is 18.5 Å². The third-order valence-electron chi connectivity index (χ3n) is 2.93. The van der Waals surface area contributed by atoms with Crippen molar-refractivity contribution in [1.29, 1.82) is 0 Å². The number of hydrogen-bond acceptors (Lipinski definition) is 3. The van der Waals surface area contributed by atoms with Crippen molar-refractivity contribution in [2.24, 2.45) is 0 Å². The number of anilines is 1. The lowest BCUT2D eigenvalue weighted by Crippen LogP contribution is -2.31. The third-order valence-corrected chi connectivity index (χ3v) is 2.93. The predicted molar refractivity (Wildman–Crippen MR) is 72.2 cm³/mol. The van der Waals surface area contributed by atoms with Crippen molar-refractivity contribution in [3.63, 3.8) is 0 Å². The number of halogens is 3. The Morgan fingerprint density at radius 3 is 2.33 bits per heavy atom. The molecular formula is C13H20F3N3O2. The van der Waals surface area contributed by atoms with E-state index in [0.29, 0.717) is 11.4 Å². The first-order valence-electron chi connectivity index (χ1n) is 6.58. The zero-order valence-corrected chi connectivity index (χ0v) is 12.7. The lowest BCUT2D eigenvalue weighted by Gasteiger charge is -2.15. The highest BCUT2D eigenvalue weighted by Gasteiger charge is 2.30. The van der Waals surface area contributed by atoms with Gasteiger partial charge in [0.25, 0.3) is 5.91 Å². The Kier molecular flexibility index (Phi) is 5.38. The molecule has 0 bridgehead atoms. The molecule has 120 valence electrons. The van der Waals surface area contributed by atoms with Crippen LogP contribution in [0.5, 0.6) is 0 Å². The molecule has 0 saturated heterocycles. The smallest absolute Gasteiger partial charge is 0.359 e. The summed E-state index contributed by atoms with van der Waals surface area (Å²) in [7, 11) is 0. The fraction of sp³-hybridized carbons (Fsp3) is 0.692. The molecule has 1 aromatic heterocycles. The average Bonchev–Trinajstić information content (AvgIpc) is 2.63. The molecule has 5 nitrogen and oxygen atoms in total. The van der Waals surface area contributed by atoms with E-state index in [1.165, 1.54) is 6.92 Å². The van der Waals surface area contributed by atoms with Gasteiger partial charge in [-0.2, -0.15) is 18.3 Å². The first-order valence-corrected chi connectivity index (χ1v) is 6.58. The number of carbonyl (C=O) groups excluding carboxylic acids is 1. The van der Waals surface area contributed by atoms with Crippen molar-refractivity contribution in [3.8, 4) is 0 Å².